The third kappa shape index (κ3) is 3.37. The summed E-state index contributed by atoms with van der Waals surface area (Å²) in [4.78, 5) is 17.1. The number of carbonyl (C=O) groups excluding carboxylic acids is 1. The average Bonchev–Trinajstić information content (AvgIpc) is 3.37. The van der Waals surface area contributed by atoms with E-state index >= 15 is 0 Å². The van der Waals surface area contributed by atoms with Crippen LogP contribution in [0.4, 0.5) is 5.13 Å². The molecule has 1 aliphatic heterocycles. The Morgan fingerprint density at radius 1 is 1.19 bits per heavy atom. The highest BCUT2D eigenvalue weighted by Gasteiger charge is 2.41. The Hall–Kier alpha value is -1.51. The number of piperidine rings is 1. The van der Waals surface area contributed by atoms with Crippen LogP contribution < -0.4 is 5.32 Å². The van der Waals surface area contributed by atoms with Gasteiger partial charge in [0.25, 0.3) is 0 Å². The summed E-state index contributed by atoms with van der Waals surface area (Å²) < 4.78 is 27.2. The fraction of sp³-hybridized carbons (Fsp3) is 0.556. The quantitative estimate of drug-likeness (QED) is 0.866. The Kier molecular flexibility index (Phi) is 4.53. The van der Waals surface area contributed by atoms with Gasteiger partial charge in [0.15, 0.2) is 5.13 Å². The Balaban J connectivity index is 1.41. The molecule has 0 atom stereocenters. The zero-order valence-electron chi connectivity index (χ0n) is 15.0. The molecule has 0 spiro atoms. The lowest BCUT2D eigenvalue weighted by Gasteiger charge is -2.30. The molecule has 2 heterocycles. The van der Waals surface area contributed by atoms with E-state index in [4.69, 9.17) is 0 Å². The first-order valence-corrected chi connectivity index (χ1v) is 11.3. The number of amides is 1. The van der Waals surface area contributed by atoms with Crippen LogP contribution in [0.25, 0.3) is 10.2 Å². The molecule has 1 aromatic carbocycles. The van der Waals surface area contributed by atoms with Gasteiger partial charge < -0.3 is 5.32 Å². The number of thiazole rings is 1. The van der Waals surface area contributed by atoms with Gasteiger partial charge in [-0.2, -0.15) is 0 Å². The van der Waals surface area contributed by atoms with E-state index in [-0.39, 0.29) is 17.1 Å². The van der Waals surface area contributed by atoms with E-state index in [0.717, 1.165) is 28.6 Å². The number of rotatable bonds is 4. The zero-order valence-corrected chi connectivity index (χ0v) is 16.6. The second-order valence-corrected chi connectivity index (χ2v) is 10.6. The molecule has 1 saturated carbocycles. The SMILES string of the molecule is Cc1cc(C)c2nc(NC(=O)C3CCN(S(=O)(=O)C4CC4)CC3)sc2c1. The van der Waals surface area contributed by atoms with Crippen LogP contribution in [0.5, 0.6) is 0 Å². The predicted molar refractivity (Wildman–Crippen MR) is 104 cm³/mol. The normalized spacial score (nSPS) is 19.8. The minimum atomic E-state index is -3.13. The van der Waals surface area contributed by atoms with Gasteiger partial charge >= 0.3 is 0 Å². The molecule has 2 aromatic rings. The summed E-state index contributed by atoms with van der Waals surface area (Å²) >= 11 is 1.49. The number of nitrogens with zero attached hydrogens (tertiary/aromatic N) is 2. The van der Waals surface area contributed by atoms with Crippen LogP contribution in [0.3, 0.4) is 0 Å². The average molecular weight is 394 g/mol. The van der Waals surface area contributed by atoms with Crippen LogP contribution in [-0.2, 0) is 14.8 Å². The van der Waals surface area contributed by atoms with Crippen molar-refractivity contribution in [1.29, 1.82) is 0 Å². The van der Waals surface area contributed by atoms with Gasteiger partial charge in [-0.15, -0.1) is 0 Å². The van der Waals surface area contributed by atoms with Crippen molar-refractivity contribution in [3.63, 3.8) is 0 Å². The molecule has 0 bridgehead atoms. The molecule has 0 radical (unpaired) electrons. The van der Waals surface area contributed by atoms with Crippen LogP contribution in [-0.4, -0.2) is 42.0 Å². The standard InChI is InChI=1S/C18H23N3O3S2/c1-11-9-12(2)16-15(10-11)25-18(19-16)20-17(22)13-5-7-21(8-6-13)26(23,24)14-3-4-14/h9-10,13-14H,3-8H2,1-2H3,(H,19,20,22). The Morgan fingerprint density at radius 3 is 2.54 bits per heavy atom. The van der Waals surface area contributed by atoms with Crippen molar-refractivity contribution in [2.45, 2.75) is 44.8 Å². The highest BCUT2D eigenvalue weighted by molar-refractivity contribution is 7.90. The first-order valence-electron chi connectivity index (χ1n) is 9.02. The lowest BCUT2D eigenvalue weighted by atomic mass is 9.97. The minimum Gasteiger partial charge on any atom is -0.302 e. The number of aromatic nitrogens is 1. The van der Waals surface area contributed by atoms with E-state index in [1.54, 1.807) is 4.31 Å². The predicted octanol–water partition coefficient (Wildman–Crippen LogP) is 3.06. The van der Waals surface area contributed by atoms with Gasteiger partial charge in [-0.25, -0.2) is 17.7 Å². The van der Waals surface area contributed by atoms with E-state index in [9.17, 15) is 13.2 Å². The van der Waals surface area contributed by atoms with E-state index in [1.165, 1.54) is 16.9 Å². The molecule has 1 N–H and O–H groups in total. The molecule has 1 saturated heterocycles. The van der Waals surface area contributed by atoms with Gasteiger partial charge in [0, 0.05) is 19.0 Å². The summed E-state index contributed by atoms with van der Waals surface area (Å²) in [6.45, 7) is 4.95. The highest BCUT2D eigenvalue weighted by Crippen LogP contribution is 2.34. The third-order valence-corrected chi connectivity index (χ3v) is 8.51. The maximum Gasteiger partial charge on any atom is 0.229 e. The number of fused-ring (bicyclic) bond motifs is 1. The van der Waals surface area contributed by atoms with Gasteiger partial charge in [-0.05, 0) is 56.7 Å². The minimum absolute atomic E-state index is 0.0538. The molecule has 0 unspecified atom stereocenters. The van der Waals surface area contributed by atoms with Gasteiger partial charge in [0.2, 0.25) is 15.9 Å². The lowest BCUT2D eigenvalue weighted by Crippen LogP contribution is -2.42. The summed E-state index contributed by atoms with van der Waals surface area (Å²) in [6, 6.07) is 4.17. The molecule has 2 fully saturated rings. The zero-order chi connectivity index (χ0) is 18.5. The molecular weight excluding hydrogens is 370 g/mol. The molecule has 4 rings (SSSR count). The number of carbonyl (C=O) groups is 1. The van der Waals surface area contributed by atoms with Crippen molar-refractivity contribution in [2.75, 3.05) is 18.4 Å². The van der Waals surface area contributed by atoms with Gasteiger partial charge in [0.1, 0.15) is 0 Å². The van der Waals surface area contributed by atoms with Crippen LogP contribution in [0.15, 0.2) is 12.1 Å². The molecule has 1 aliphatic carbocycles. The van der Waals surface area contributed by atoms with Gasteiger partial charge in [-0.1, -0.05) is 17.4 Å². The number of anilines is 1. The van der Waals surface area contributed by atoms with Gasteiger partial charge in [0.05, 0.1) is 15.5 Å². The maximum atomic E-state index is 12.6. The largest absolute Gasteiger partial charge is 0.302 e. The van der Waals surface area contributed by atoms with Crippen molar-refractivity contribution < 1.29 is 13.2 Å². The number of benzene rings is 1. The van der Waals surface area contributed by atoms with Crippen molar-refractivity contribution >= 4 is 42.6 Å². The molecule has 2 aliphatic rings. The Bertz CT molecular complexity index is 955. The molecule has 1 aromatic heterocycles. The number of aryl methyl sites for hydroxylation is 2. The van der Waals surface area contributed by atoms with Crippen LogP contribution in [0.2, 0.25) is 0 Å². The number of hydrogen-bond acceptors (Lipinski definition) is 5. The van der Waals surface area contributed by atoms with Crippen molar-refractivity contribution in [1.82, 2.24) is 9.29 Å². The van der Waals surface area contributed by atoms with E-state index in [2.05, 4.69) is 22.4 Å². The molecule has 6 nitrogen and oxygen atoms in total. The van der Waals surface area contributed by atoms with Crippen molar-refractivity contribution in [3.05, 3.63) is 23.3 Å². The van der Waals surface area contributed by atoms with Crippen LogP contribution in [0, 0.1) is 19.8 Å². The maximum absolute atomic E-state index is 12.6. The monoisotopic (exact) mass is 393 g/mol. The summed E-state index contributed by atoms with van der Waals surface area (Å²) in [5, 5.41) is 3.38. The van der Waals surface area contributed by atoms with E-state index in [0.29, 0.717) is 31.1 Å². The van der Waals surface area contributed by atoms with Crippen molar-refractivity contribution in [2.24, 2.45) is 5.92 Å². The van der Waals surface area contributed by atoms with E-state index < -0.39 is 10.0 Å². The number of hydrogen-bond donors (Lipinski definition) is 1. The Labute approximate surface area is 157 Å². The highest BCUT2D eigenvalue weighted by atomic mass is 32.2. The molecule has 1 amide bonds. The molecule has 8 heteroatoms. The fourth-order valence-electron chi connectivity index (χ4n) is 3.58. The molecular formula is C18H23N3O3S2. The second kappa shape index (κ2) is 6.58. The number of nitrogens with one attached hydrogen (secondary N) is 1. The first kappa shape index (κ1) is 17.9. The smallest absolute Gasteiger partial charge is 0.229 e. The molecule has 26 heavy (non-hydrogen) atoms. The summed E-state index contributed by atoms with van der Waals surface area (Å²) in [5.74, 6) is -0.211. The van der Waals surface area contributed by atoms with Crippen molar-refractivity contribution in [3.8, 4) is 0 Å². The fourth-order valence-corrected chi connectivity index (χ4v) is 6.50. The second-order valence-electron chi connectivity index (χ2n) is 7.35. The summed E-state index contributed by atoms with van der Waals surface area (Å²) in [7, 11) is -3.13. The van der Waals surface area contributed by atoms with Crippen LogP contribution in [0.1, 0.15) is 36.8 Å². The Morgan fingerprint density at radius 2 is 1.88 bits per heavy atom. The lowest BCUT2D eigenvalue weighted by molar-refractivity contribution is -0.120. The molecule has 140 valence electrons. The summed E-state index contributed by atoms with van der Waals surface area (Å²) in [6.07, 6.45) is 2.69. The number of sulfonamides is 1. The third-order valence-electron chi connectivity index (χ3n) is 5.19. The van der Waals surface area contributed by atoms with Gasteiger partial charge in [-0.3, -0.25) is 4.79 Å². The van der Waals surface area contributed by atoms with E-state index in [1.807, 2.05) is 13.8 Å². The first-order chi connectivity index (χ1) is 12.3. The van der Waals surface area contributed by atoms with Crippen LogP contribution >= 0.6 is 11.3 Å². The summed E-state index contributed by atoms with van der Waals surface area (Å²) in [5.41, 5.74) is 3.22. The topological polar surface area (TPSA) is 79.4 Å².